The summed E-state index contributed by atoms with van der Waals surface area (Å²) in [5.74, 6) is -1.76. The van der Waals surface area contributed by atoms with Gasteiger partial charge >= 0.3 is 5.97 Å². The lowest BCUT2D eigenvalue weighted by atomic mass is 9.94. The summed E-state index contributed by atoms with van der Waals surface area (Å²) in [6.45, 7) is 10.8. The fourth-order valence-corrected chi connectivity index (χ4v) is 3.52. The van der Waals surface area contributed by atoms with Crippen LogP contribution in [0.3, 0.4) is 0 Å². The molecule has 7 nitrogen and oxygen atoms in total. The number of carbonyl (C=O) groups is 3. The fraction of sp³-hybridized carbons (Fsp3) is 0.519. The molecule has 4 atom stereocenters. The SMILES string of the molecule is C=CCCC[C@H](Cc1ccccc1)C(=O)O[C@@H](C)CNC(=O)[C@@H](CC=C)CC(=O)N[C@H](C)CO. The van der Waals surface area contributed by atoms with Gasteiger partial charge < -0.3 is 20.5 Å². The summed E-state index contributed by atoms with van der Waals surface area (Å²) in [5, 5.41) is 14.5. The predicted molar refractivity (Wildman–Crippen MR) is 134 cm³/mol. The maximum atomic E-state index is 12.9. The molecule has 1 aromatic carbocycles. The van der Waals surface area contributed by atoms with E-state index in [1.165, 1.54) is 0 Å². The third-order valence-electron chi connectivity index (χ3n) is 5.44. The van der Waals surface area contributed by atoms with Crippen molar-refractivity contribution in [2.75, 3.05) is 13.2 Å². The zero-order chi connectivity index (χ0) is 25.3. The van der Waals surface area contributed by atoms with Gasteiger partial charge in [0, 0.05) is 12.5 Å². The maximum Gasteiger partial charge on any atom is 0.309 e. The van der Waals surface area contributed by atoms with Gasteiger partial charge in [-0.1, -0.05) is 42.5 Å². The number of nitrogens with one attached hydrogen (secondary N) is 2. The minimum atomic E-state index is -0.587. The van der Waals surface area contributed by atoms with E-state index >= 15 is 0 Å². The van der Waals surface area contributed by atoms with Gasteiger partial charge in [0.15, 0.2) is 0 Å². The zero-order valence-electron chi connectivity index (χ0n) is 20.5. The van der Waals surface area contributed by atoms with Crippen LogP contribution in [0.15, 0.2) is 55.6 Å². The van der Waals surface area contributed by atoms with Crippen LogP contribution in [0.25, 0.3) is 0 Å². The van der Waals surface area contributed by atoms with Gasteiger partial charge in [0.1, 0.15) is 6.10 Å². The Morgan fingerprint density at radius 1 is 1.09 bits per heavy atom. The van der Waals surface area contributed by atoms with Crippen molar-refractivity contribution >= 4 is 17.8 Å². The van der Waals surface area contributed by atoms with Gasteiger partial charge in [0.05, 0.1) is 25.0 Å². The summed E-state index contributed by atoms with van der Waals surface area (Å²) >= 11 is 0. The number of amides is 2. The van der Waals surface area contributed by atoms with Crippen LogP contribution in [0.4, 0.5) is 0 Å². The van der Waals surface area contributed by atoms with Gasteiger partial charge in [0.25, 0.3) is 0 Å². The van der Waals surface area contributed by atoms with Crippen molar-refractivity contribution in [2.24, 2.45) is 11.8 Å². The molecular weight excluding hydrogens is 432 g/mol. The lowest BCUT2D eigenvalue weighted by molar-refractivity contribution is -0.153. The summed E-state index contributed by atoms with van der Waals surface area (Å²) < 4.78 is 5.65. The minimum Gasteiger partial charge on any atom is -0.461 e. The van der Waals surface area contributed by atoms with Crippen LogP contribution >= 0.6 is 0 Å². The number of benzene rings is 1. The Morgan fingerprint density at radius 3 is 2.41 bits per heavy atom. The van der Waals surface area contributed by atoms with E-state index in [-0.39, 0.29) is 49.3 Å². The van der Waals surface area contributed by atoms with Crippen LogP contribution in [0.5, 0.6) is 0 Å². The molecule has 188 valence electrons. The van der Waals surface area contributed by atoms with Crippen LogP contribution in [0, 0.1) is 11.8 Å². The van der Waals surface area contributed by atoms with E-state index < -0.39 is 12.0 Å². The number of hydrogen-bond acceptors (Lipinski definition) is 5. The summed E-state index contributed by atoms with van der Waals surface area (Å²) in [6, 6.07) is 9.45. The standard InChI is InChI=1S/C27H40N2O5/c1-5-7-9-15-24(16-22-13-10-8-11-14-22)27(33)34-21(4)18-28-26(32)23(12-6-2)17-25(31)29-20(3)19-30/h5-6,8,10-11,13-14,20-21,23-24,30H,1-2,7,9,12,15-19H2,3-4H3,(H,28,32)(H,29,31)/t20-,21+,23+,24-/m1/s1. The molecule has 0 saturated carbocycles. The summed E-state index contributed by atoms with van der Waals surface area (Å²) in [5.41, 5.74) is 1.07. The molecule has 0 aliphatic carbocycles. The number of carbonyl (C=O) groups excluding carboxylic acids is 3. The van der Waals surface area contributed by atoms with Gasteiger partial charge in [-0.05, 0) is 51.5 Å². The van der Waals surface area contributed by atoms with Crippen molar-refractivity contribution in [3.63, 3.8) is 0 Å². The quantitative estimate of drug-likeness (QED) is 0.183. The normalized spacial score (nSPS) is 14.2. The van der Waals surface area contributed by atoms with Gasteiger partial charge in [-0.25, -0.2) is 0 Å². The Bertz CT molecular complexity index is 780. The van der Waals surface area contributed by atoms with E-state index in [4.69, 9.17) is 9.84 Å². The Morgan fingerprint density at radius 2 is 1.79 bits per heavy atom. The molecule has 0 unspecified atom stereocenters. The van der Waals surface area contributed by atoms with Crippen molar-refractivity contribution in [1.29, 1.82) is 0 Å². The molecule has 0 bridgehead atoms. The van der Waals surface area contributed by atoms with E-state index in [1.54, 1.807) is 19.9 Å². The van der Waals surface area contributed by atoms with Crippen molar-refractivity contribution < 1.29 is 24.2 Å². The predicted octanol–water partition coefficient (Wildman–Crippen LogP) is 3.33. The minimum absolute atomic E-state index is 0.0151. The Balaban J connectivity index is 2.62. The largest absolute Gasteiger partial charge is 0.461 e. The highest BCUT2D eigenvalue weighted by Gasteiger charge is 2.24. The second-order valence-electron chi connectivity index (χ2n) is 8.68. The lowest BCUT2D eigenvalue weighted by Crippen LogP contribution is -2.41. The number of esters is 1. The van der Waals surface area contributed by atoms with E-state index in [0.717, 1.165) is 18.4 Å². The third kappa shape index (κ3) is 11.8. The number of hydrogen-bond donors (Lipinski definition) is 3. The topological polar surface area (TPSA) is 105 Å². The summed E-state index contributed by atoms with van der Waals surface area (Å²) in [6.07, 6.45) is 6.21. The first-order chi connectivity index (χ1) is 16.3. The Kier molecular flexibility index (Phi) is 14.2. The fourth-order valence-electron chi connectivity index (χ4n) is 3.52. The highest BCUT2D eigenvalue weighted by atomic mass is 16.5. The van der Waals surface area contributed by atoms with Gasteiger partial charge in [-0.2, -0.15) is 0 Å². The van der Waals surface area contributed by atoms with E-state index in [0.29, 0.717) is 19.3 Å². The molecule has 2 amide bonds. The van der Waals surface area contributed by atoms with Crippen LogP contribution in [-0.4, -0.2) is 48.2 Å². The molecular formula is C27H40N2O5. The summed E-state index contributed by atoms with van der Waals surface area (Å²) in [4.78, 5) is 37.6. The van der Waals surface area contributed by atoms with E-state index in [9.17, 15) is 14.4 Å². The third-order valence-corrected chi connectivity index (χ3v) is 5.44. The number of rotatable bonds is 17. The van der Waals surface area contributed by atoms with E-state index in [1.807, 2.05) is 36.4 Å². The second kappa shape index (κ2) is 16.6. The Hall–Kier alpha value is -2.93. The molecule has 1 aromatic rings. The number of aliphatic hydroxyl groups excluding tert-OH is 1. The van der Waals surface area contributed by atoms with Crippen molar-refractivity contribution in [1.82, 2.24) is 10.6 Å². The summed E-state index contributed by atoms with van der Waals surface area (Å²) in [7, 11) is 0. The average molecular weight is 473 g/mol. The molecule has 0 aliphatic heterocycles. The van der Waals surface area contributed by atoms with Gasteiger partial charge in [-0.15, -0.1) is 13.2 Å². The molecule has 0 heterocycles. The monoisotopic (exact) mass is 472 g/mol. The molecule has 0 spiro atoms. The zero-order valence-corrected chi connectivity index (χ0v) is 20.5. The average Bonchev–Trinajstić information content (AvgIpc) is 2.82. The highest BCUT2D eigenvalue weighted by molar-refractivity contribution is 5.86. The highest BCUT2D eigenvalue weighted by Crippen LogP contribution is 2.18. The molecule has 1 rings (SSSR count). The second-order valence-corrected chi connectivity index (χ2v) is 8.68. The molecule has 0 radical (unpaired) electrons. The Labute approximate surface area is 203 Å². The van der Waals surface area contributed by atoms with Crippen LogP contribution < -0.4 is 10.6 Å². The first-order valence-corrected chi connectivity index (χ1v) is 11.9. The number of aliphatic hydroxyl groups is 1. The first-order valence-electron chi connectivity index (χ1n) is 11.9. The maximum absolute atomic E-state index is 12.9. The van der Waals surface area contributed by atoms with Gasteiger partial charge in [-0.3, -0.25) is 14.4 Å². The number of unbranched alkanes of at least 4 members (excludes halogenated alkanes) is 1. The van der Waals surface area contributed by atoms with Crippen LogP contribution in [0.2, 0.25) is 0 Å². The van der Waals surface area contributed by atoms with Crippen LogP contribution in [-0.2, 0) is 25.5 Å². The molecule has 0 aromatic heterocycles. The van der Waals surface area contributed by atoms with Crippen molar-refractivity contribution in [3.05, 3.63) is 61.2 Å². The number of allylic oxidation sites excluding steroid dienone is 2. The van der Waals surface area contributed by atoms with Crippen molar-refractivity contribution in [2.45, 2.75) is 64.5 Å². The molecule has 34 heavy (non-hydrogen) atoms. The lowest BCUT2D eigenvalue weighted by Gasteiger charge is -2.21. The molecule has 3 N–H and O–H groups in total. The number of ether oxygens (including phenoxy) is 1. The van der Waals surface area contributed by atoms with Gasteiger partial charge in [0.2, 0.25) is 11.8 Å². The molecule has 0 aliphatic rings. The van der Waals surface area contributed by atoms with Crippen LogP contribution in [0.1, 0.15) is 51.5 Å². The smallest absolute Gasteiger partial charge is 0.309 e. The first kappa shape index (κ1) is 29.1. The molecule has 0 fully saturated rings. The molecule has 7 heteroatoms. The van der Waals surface area contributed by atoms with Crippen molar-refractivity contribution in [3.8, 4) is 0 Å². The molecule has 0 saturated heterocycles. The van der Waals surface area contributed by atoms with E-state index in [2.05, 4.69) is 23.8 Å².